The predicted octanol–water partition coefficient (Wildman–Crippen LogP) is 5.04. The summed E-state index contributed by atoms with van der Waals surface area (Å²) in [6, 6.07) is 4.05. The Balaban J connectivity index is 1.74. The summed E-state index contributed by atoms with van der Waals surface area (Å²) >= 11 is 0. The summed E-state index contributed by atoms with van der Waals surface area (Å²) < 4.78 is 25.5. The summed E-state index contributed by atoms with van der Waals surface area (Å²) in [5, 5.41) is 1.13. The second kappa shape index (κ2) is 11.5. The van der Waals surface area contributed by atoms with Gasteiger partial charge < -0.3 is 14.4 Å². The average molecular weight is 453 g/mol. The Morgan fingerprint density at radius 2 is 1.88 bits per heavy atom. The number of nitrogens with zero attached hydrogens (tertiary/aromatic N) is 2. The summed E-state index contributed by atoms with van der Waals surface area (Å²) in [6.45, 7) is 11.1. The van der Waals surface area contributed by atoms with Crippen LogP contribution >= 0.6 is 0 Å². The van der Waals surface area contributed by atoms with Crippen molar-refractivity contribution in [3.8, 4) is 5.75 Å². The number of likely N-dealkylation sites (tertiary alicyclic amines) is 1. The Morgan fingerprint density at radius 3 is 2.41 bits per heavy atom. The fraction of sp³-hybridized carbons (Fsp3) is 0.667. The lowest BCUT2D eigenvalue weighted by Gasteiger charge is -2.33. The van der Waals surface area contributed by atoms with Crippen molar-refractivity contribution in [2.45, 2.75) is 71.9 Å². The Labute approximate surface area is 190 Å². The van der Waals surface area contributed by atoms with Gasteiger partial charge in [0.25, 0.3) is 5.91 Å². The molecule has 0 N–H and O–H groups in total. The molecule has 1 saturated heterocycles. The molecule has 0 saturated carbocycles. The molecule has 180 valence electrons. The molecule has 0 aromatic heterocycles. The molecule has 1 aliphatic heterocycles. The fourth-order valence-corrected chi connectivity index (χ4v) is 3.70. The number of carbonyl (C=O) groups is 2. The van der Waals surface area contributed by atoms with Gasteiger partial charge in [0.05, 0.1) is 25.3 Å². The molecule has 0 spiro atoms. The SMILES string of the molecule is CON(C(=O)c1ccc(OCCCC2CCN(C(=O)OC(C)(C)C)CC2)cc1F)C(C)C. The molecule has 8 heteroatoms. The monoisotopic (exact) mass is 452 g/mol. The molecule has 1 fully saturated rings. The summed E-state index contributed by atoms with van der Waals surface area (Å²) in [4.78, 5) is 31.4. The van der Waals surface area contributed by atoms with Gasteiger partial charge in [-0.2, -0.15) is 0 Å². The van der Waals surface area contributed by atoms with Crippen LogP contribution in [0.3, 0.4) is 0 Å². The van der Waals surface area contributed by atoms with E-state index >= 15 is 0 Å². The quantitative estimate of drug-likeness (QED) is 0.408. The van der Waals surface area contributed by atoms with Gasteiger partial charge in [0.15, 0.2) is 0 Å². The van der Waals surface area contributed by atoms with Crippen LogP contribution in [0.1, 0.15) is 70.7 Å². The second-order valence-corrected chi connectivity index (χ2v) is 9.45. The number of amides is 2. The van der Waals surface area contributed by atoms with Gasteiger partial charge in [0.1, 0.15) is 17.2 Å². The van der Waals surface area contributed by atoms with Crippen molar-refractivity contribution in [3.05, 3.63) is 29.6 Å². The number of ether oxygens (including phenoxy) is 2. The molecule has 2 rings (SSSR count). The first-order valence-corrected chi connectivity index (χ1v) is 11.3. The molecule has 1 aromatic carbocycles. The van der Waals surface area contributed by atoms with E-state index in [4.69, 9.17) is 14.3 Å². The lowest BCUT2D eigenvalue weighted by atomic mass is 9.92. The number of hydrogen-bond donors (Lipinski definition) is 0. The van der Waals surface area contributed by atoms with E-state index in [2.05, 4.69) is 0 Å². The van der Waals surface area contributed by atoms with Crippen molar-refractivity contribution >= 4 is 12.0 Å². The van der Waals surface area contributed by atoms with E-state index in [0.717, 1.165) is 30.7 Å². The van der Waals surface area contributed by atoms with Crippen molar-refractivity contribution in [2.24, 2.45) is 5.92 Å². The first-order valence-electron chi connectivity index (χ1n) is 11.3. The van der Waals surface area contributed by atoms with E-state index in [9.17, 15) is 14.0 Å². The Hall–Kier alpha value is -2.35. The van der Waals surface area contributed by atoms with Crippen LogP contribution in [0.2, 0.25) is 0 Å². The lowest BCUT2D eigenvalue weighted by molar-refractivity contribution is -0.115. The minimum absolute atomic E-state index is 0.0513. The molecule has 0 bridgehead atoms. The first kappa shape index (κ1) is 25.9. The molecular formula is C24H37FN2O5. The molecular weight excluding hydrogens is 415 g/mol. The predicted molar refractivity (Wildman–Crippen MR) is 120 cm³/mol. The van der Waals surface area contributed by atoms with E-state index < -0.39 is 17.3 Å². The van der Waals surface area contributed by atoms with E-state index in [0.29, 0.717) is 31.4 Å². The number of halogens is 1. The molecule has 7 nitrogen and oxygen atoms in total. The van der Waals surface area contributed by atoms with E-state index in [1.165, 1.54) is 19.2 Å². The first-order chi connectivity index (χ1) is 15.0. The zero-order chi connectivity index (χ0) is 23.9. The van der Waals surface area contributed by atoms with Crippen LogP contribution in [0.5, 0.6) is 5.75 Å². The molecule has 0 unspecified atom stereocenters. The van der Waals surface area contributed by atoms with Gasteiger partial charge in [-0.3, -0.25) is 9.63 Å². The molecule has 0 atom stereocenters. The zero-order valence-corrected chi connectivity index (χ0v) is 20.2. The third kappa shape index (κ3) is 7.65. The Bertz CT molecular complexity index is 770. The topological polar surface area (TPSA) is 68.3 Å². The minimum atomic E-state index is -0.635. The molecule has 2 amide bonds. The van der Waals surface area contributed by atoms with Crippen molar-refractivity contribution in [1.29, 1.82) is 0 Å². The van der Waals surface area contributed by atoms with Gasteiger partial charge in [-0.1, -0.05) is 0 Å². The second-order valence-electron chi connectivity index (χ2n) is 9.45. The lowest BCUT2D eigenvalue weighted by Crippen LogP contribution is -2.41. The highest BCUT2D eigenvalue weighted by Gasteiger charge is 2.27. The van der Waals surface area contributed by atoms with Crippen molar-refractivity contribution in [1.82, 2.24) is 9.96 Å². The minimum Gasteiger partial charge on any atom is -0.493 e. The van der Waals surface area contributed by atoms with Crippen LogP contribution in [-0.4, -0.2) is 60.4 Å². The van der Waals surface area contributed by atoms with Gasteiger partial charge in [0.2, 0.25) is 0 Å². The van der Waals surface area contributed by atoms with Crippen molar-refractivity contribution < 1.29 is 28.3 Å². The summed E-state index contributed by atoms with van der Waals surface area (Å²) in [6.07, 6.45) is 3.46. The van der Waals surface area contributed by atoms with Gasteiger partial charge >= 0.3 is 6.09 Å². The Morgan fingerprint density at radius 1 is 1.22 bits per heavy atom. The average Bonchev–Trinajstić information content (AvgIpc) is 2.70. The zero-order valence-electron chi connectivity index (χ0n) is 20.2. The molecule has 32 heavy (non-hydrogen) atoms. The van der Waals surface area contributed by atoms with Gasteiger partial charge in [-0.25, -0.2) is 14.2 Å². The summed E-state index contributed by atoms with van der Waals surface area (Å²) in [7, 11) is 1.38. The number of hydroxylamine groups is 2. The van der Waals surface area contributed by atoms with Crippen LogP contribution in [0.15, 0.2) is 18.2 Å². The number of piperidine rings is 1. The van der Waals surface area contributed by atoms with Crippen LogP contribution in [-0.2, 0) is 9.57 Å². The molecule has 1 aliphatic rings. The van der Waals surface area contributed by atoms with Crippen molar-refractivity contribution in [2.75, 3.05) is 26.8 Å². The van der Waals surface area contributed by atoms with Gasteiger partial charge in [-0.15, -0.1) is 0 Å². The number of carbonyl (C=O) groups excluding carboxylic acids is 2. The van der Waals surface area contributed by atoms with Crippen LogP contribution in [0.4, 0.5) is 9.18 Å². The maximum absolute atomic E-state index is 14.4. The van der Waals surface area contributed by atoms with E-state index in [1.54, 1.807) is 24.8 Å². The molecule has 0 aliphatic carbocycles. The maximum Gasteiger partial charge on any atom is 0.410 e. The van der Waals surface area contributed by atoms with E-state index in [1.807, 2.05) is 20.8 Å². The highest BCUT2D eigenvalue weighted by atomic mass is 19.1. The van der Waals surface area contributed by atoms with Crippen LogP contribution in [0, 0.1) is 11.7 Å². The fourth-order valence-electron chi connectivity index (χ4n) is 3.70. The summed E-state index contributed by atoms with van der Waals surface area (Å²) in [5.41, 5.74) is -0.530. The Kier molecular flexibility index (Phi) is 9.31. The van der Waals surface area contributed by atoms with Crippen LogP contribution in [0.25, 0.3) is 0 Å². The standard InChI is InChI=1S/C24H37FN2O5/c1-17(2)27(30-6)22(28)20-10-9-19(16-21(20)25)31-15-7-8-18-11-13-26(14-12-18)23(29)32-24(3,4)5/h9-10,16-18H,7-8,11-15H2,1-6H3. The molecule has 0 radical (unpaired) electrons. The largest absolute Gasteiger partial charge is 0.493 e. The highest BCUT2D eigenvalue weighted by molar-refractivity contribution is 5.94. The molecule has 1 heterocycles. The highest BCUT2D eigenvalue weighted by Crippen LogP contribution is 2.24. The number of hydrogen-bond acceptors (Lipinski definition) is 5. The number of benzene rings is 1. The maximum atomic E-state index is 14.4. The van der Waals surface area contributed by atoms with Crippen molar-refractivity contribution in [3.63, 3.8) is 0 Å². The third-order valence-corrected chi connectivity index (χ3v) is 5.33. The number of rotatable bonds is 8. The van der Waals surface area contributed by atoms with Gasteiger partial charge in [-0.05, 0) is 78.4 Å². The normalized spacial score (nSPS) is 15.1. The third-order valence-electron chi connectivity index (χ3n) is 5.33. The van der Waals surface area contributed by atoms with Crippen LogP contribution < -0.4 is 4.74 Å². The summed E-state index contributed by atoms with van der Waals surface area (Å²) in [5.74, 6) is -0.230. The smallest absolute Gasteiger partial charge is 0.410 e. The van der Waals surface area contributed by atoms with Gasteiger partial charge in [0, 0.05) is 19.2 Å². The molecule has 1 aromatic rings. The van der Waals surface area contributed by atoms with E-state index in [-0.39, 0.29) is 17.7 Å².